The van der Waals surface area contributed by atoms with Crippen LogP contribution in [0.2, 0.25) is 0 Å². The largest absolute Gasteiger partial charge is 0.394 e. The summed E-state index contributed by atoms with van der Waals surface area (Å²) in [5.41, 5.74) is -0.142. The first-order chi connectivity index (χ1) is 9.61. The van der Waals surface area contributed by atoms with Crippen LogP contribution in [-0.2, 0) is 4.74 Å². The molecule has 1 aliphatic rings. The van der Waals surface area contributed by atoms with E-state index in [0.717, 1.165) is 8.96 Å². The first-order valence-corrected chi connectivity index (χ1v) is 7.43. The van der Waals surface area contributed by atoms with Crippen molar-refractivity contribution in [3.63, 3.8) is 0 Å². The lowest BCUT2D eigenvalue weighted by molar-refractivity contribution is -0.0453. The van der Waals surface area contributed by atoms with Crippen molar-refractivity contribution < 1.29 is 14.9 Å². The van der Waals surface area contributed by atoms with Crippen LogP contribution in [0.5, 0.6) is 0 Å². The van der Waals surface area contributed by atoms with E-state index in [-0.39, 0.29) is 12.2 Å². The Labute approximate surface area is 128 Å². The van der Waals surface area contributed by atoms with Crippen LogP contribution >= 0.6 is 22.6 Å². The molecular formula is C14H14INO4. The highest BCUT2D eigenvalue weighted by molar-refractivity contribution is 14.1. The number of nitrogens with zero attached hydrogens (tertiary/aromatic N) is 1. The van der Waals surface area contributed by atoms with E-state index >= 15 is 0 Å². The van der Waals surface area contributed by atoms with Gasteiger partial charge < -0.3 is 14.9 Å². The van der Waals surface area contributed by atoms with Gasteiger partial charge in [-0.25, -0.2) is 0 Å². The Balaban J connectivity index is 2.09. The Morgan fingerprint density at radius 2 is 2.05 bits per heavy atom. The van der Waals surface area contributed by atoms with E-state index in [4.69, 9.17) is 9.84 Å². The minimum absolute atomic E-state index is 0.142. The van der Waals surface area contributed by atoms with Gasteiger partial charge in [0.15, 0.2) is 0 Å². The van der Waals surface area contributed by atoms with Gasteiger partial charge >= 0.3 is 0 Å². The van der Waals surface area contributed by atoms with Crippen LogP contribution in [-0.4, -0.2) is 33.6 Å². The molecule has 1 saturated heterocycles. The van der Waals surface area contributed by atoms with Crippen LogP contribution < -0.4 is 5.56 Å². The van der Waals surface area contributed by atoms with Crippen LogP contribution in [0, 0.1) is 3.57 Å². The van der Waals surface area contributed by atoms with E-state index in [1.807, 2.05) is 18.2 Å². The van der Waals surface area contributed by atoms with Crippen molar-refractivity contribution in [2.75, 3.05) is 6.61 Å². The topological polar surface area (TPSA) is 71.7 Å². The Morgan fingerprint density at radius 3 is 2.70 bits per heavy atom. The van der Waals surface area contributed by atoms with Gasteiger partial charge in [-0.15, -0.1) is 0 Å². The van der Waals surface area contributed by atoms with Gasteiger partial charge in [0, 0.05) is 27.0 Å². The average molecular weight is 387 g/mol. The molecule has 106 valence electrons. The van der Waals surface area contributed by atoms with Crippen LogP contribution in [0.1, 0.15) is 12.6 Å². The van der Waals surface area contributed by atoms with Crippen molar-refractivity contribution in [1.29, 1.82) is 0 Å². The molecule has 3 atom stereocenters. The third kappa shape index (κ3) is 2.26. The standard InChI is InChI=1S/C14H14INO4/c15-10-6-16(13-5-11(18)12(7-17)20-13)14(19)9-4-2-1-3-8(9)10/h1-4,6,11-13,17-18H,5,7H2/t11-,12+,13+/m0/s1. The lowest BCUT2D eigenvalue weighted by Crippen LogP contribution is -2.26. The smallest absolute Gasteiger partial charge is 0.260 e. The summed E-state index contributed by atoms with van der Waals surface area (Å²) in [6.07, 6.45) is 0.131. The van der Waals surface area contributed by atoms with E-state index in [2.05, 4.69) is 22.6 Å². The fourth-order valence-electron chi connectivity index (χ4n) is 2.53. The zero-order chi connectivity index (χ0) is 14.3. The quantitative estimate of drug-likeness (QED) is 0.761. The van der Waals surface area contributed by atoms with Gasteiger partial charge in [0.05, 0.1) is 12.7 Å². The van der Waals surface area contributed by atoms with Crippen LogP contribution in [0.25, 0.3) is 10.8 Å². The predicted molar refractivity (Wildman–Crippen MR) is 82.5 cm³/mol. The lowest BCUT2D eigenvalue weighted by Gasteiger charge is -2.16. The minimum atomic E-state index is -0.749. The molecule has 0 aliphatic carbocycles. The van der Waals surface area contributed by atoms with Crippen LogP contribution in [0.3, 0.4) is 0 Å². The summed E-state index contributed by atoms with van der Waals surface area (Å²) < 4.78 is 8.00. The molecule has 2 N–H and O–H groups in total. The number of hydrogen-bond acceptors (Lipinski definition) is 4. The first-order valence-electron chi connectivity index (χ1n) is 6.35. The van der Waals surface area contributed by atoms with E-state index in [1.54, 1.807) is 12.3 Å². The molecule has 3 rings (SSSR count). The van der Waals surface area contributed by atoms with Crippen molar-refractivity contribution in [2.24, 2.45) is 0 Å². The van der Waals surface area contributed by atoms with Gasteiger partial charge in [-0.05, 0) is 28.7 Å². The summed E-state index contributed by atoms with van der Waals surface area (Å²) >= 11 is 2.18. The minimum Gasteiger partial charge on any atom is -0.394 e. The Hall–Kier alpha value is -0.960. The first kappa shape index (κ1) is 14.0. The van der Waals surface area contributed by atoms with Gasteiger partial charge in [0.25, 0.3) is 5.56 Å². The molecule has 1 aromatic heterocycles. The number of hydrogen-bond donors (Lipinski definition) is 2. The molecule has 0 radical (unpaired) electrons. The molecular weight excluding hydrogens is 373 g/mol. The number of aliphatic hydroxyl groups is 2. The van der Waals surface area contributed by atoms with Gasteiger partial charge in [-0.3, -0.25) is 9.36 Å². The van der Waals surface area contributed by atoms with Gasteiger partial charge in [0.2, 0.25) is 0 Å². The fourth-order valence-corrected chi connectivity index (χ4v) is 3.30. The monoisotopic (exact) mass is 387 g/mol. The van der Waals surface area contributed by atoms with E-state index in [9.17, 15) is 9.90 Å². The molecule has 1 aliphatic heterocycles. The van der Waals surface area contributed by atoms with Crippen LogP contribution in [0.4, 0.5) is 0 Å². The molecule has 1 aromatic carbocycles. The Morgan fingerprint density at radius 1 is 1.35 bits per heavy atom. The summed E-state index contributed by atoms with van der Waals surface area (Å²) in [4.78, 5) is 12.5. The molecule has 0 amide bonds. The van der Waals surface area contributed by atoms with Crippen molar-refractivity contribution in [3.8, 4) is 0 Å². The molecule has 5 nitrogen and oxygen atoms in total. The molecule has 2 heterocycles. The molecule has 20 heavy (non-hydrogen) atoms. The van der Waals surface area contributed by atoms with Gasteiger partial charge in [-0.1, -0.05) is 18.2 Å². The van der Waals surface area contributed by atoms with Crippen molar-refractivity contribution >= 4 is 33.4 Å². The molecule has 0 bridgehead atoms. The molecule has 0 unspecified atom stereocenters. The summed E-state index contributed by atoms with van der Waals surface area (Å²) in [6, 6.07) is 7.41. The third-order valence-corrected chi connectivity index (χ3v) is 4.46. The highest BCUT2D eigenvalue weighted by Crippen LogP contribution is 2.29. The SMILES string of the molecule is O=c1c2ccccc2c(I)cn1[C@H]1C[C@H](O)[C@@H](CO)O1. The van der Waals surface area contributed by atoms with Gasteiger partial charge in [0.1, 0.15) is 12.3 Å². The van der Waals surface area contributed by atoms with Gasteiger partial charge in [-0.2, -0.15) is 0 Å². The summed E-state index contributed by atoms with van der Waals surface area (Å²) in [5, 5.41) is 20.5. The second-order valence-corrected chi connectivity index (χ2v) is 6.01. The fraction of sp³-hybridized carbons (Fsp3) is 0.357. The molecule has 0 saturated carbocycles. The molecule has 1 fully saturated rings. The number of rotatable bonds is 2. The number of aromatic nitrogens is 1. The zero-order valence-electron chi connectivity index (χ0n) is 10.6. The zero-order valence-corrected chi connectivity index (χ0v) is 12.7. The number of halogens is 1. The average Bonchev–Trinajstić information content (AvgIpc) is 2.84. The highest BCUT2D eigenvalue weighted by atomic mass is 127. The van der Waals surface area contributed by atoms with E-state index in [0.29, 0.717) is 11.8 Å². The third-order valence-electron chi connectivity index (χ3n) is 3.60. The summed E-state index contributed by atoms with van der Waals surface area (Å²) in [7, 11) is 0. The highest BCUT2D eigenvalue weighted by Gasteiger charge is 2.35. The van der Waals surface area contributed by atoms with Crippen molar-refractivity contribution in [3.05, 3.63) is 44.4 Å². The number of ether oxygens (including phenoxy) is 1. The number of aliphatic hydroxyl groups excluding tert-OH is 2. The maximum absolute atomic E-state index is 12.5. The number of pyridine rings is 1. The normalized spacial score (nSPS) is 26.2. The molecule has 6 heteroatoms. The second-order valence-electron chi connectivity index (χ2n) is 4.85. The molecule has 0 spiro atoms. The number of fused-ring (bicyclic) bond motifs is 1. The maximum atomic E-state index is 12.5. The second kappa shape index (κ2) is 5.44. The maximum Gasteiger partial charge on any atom is 0.260 e. The van der Waals surface area contributed by atoms with E-state index < -0.39 is 18.4 Å². The summed E-state index contributed by atoms with van der Waals surface area (Å²) in [5.74, 6) is 0. The molecule has 2 aromatic rings. The summed E-state index contributed by atoms with van der Waals surface area (Å²) in [6.45, 7) is -0.253. The van der Waals surface area contributed by atoms with E-state index in [1.165, 1.54) is 4.57 Å². The van der Waals surface area contributed by atoms with Crippen molar-refractivity contribution in [1.82, 2.24) is 4.57 Å². The Bertz CT molecular complexity index is 699. The lowest BCUT2D eigenvalue weighted by atomic mass is 10.1. The van der Waals surface area contributed by atoms with Crippen LogP contribution in [0.15, 0.2) is 35.3 Å². The van der Waals surface area contributed by atoms with Crippen molar-refractivity contribution in [2.45, 2.75) is 24.9 Å². The Kier molecular flexibility index (Phi) is 3.80. The number of benzene rings is 1. The predicted octanol–water partition coefficient (Wildman–Crippen LogP) is 1.25.